The van der Waals surface area contributed by atoms with Gasteiger partial charge in [0.1, 0.15) is 6.10 Å². The van der Waals surface area contributed by atoms with Gasteiger partial charge in [0.25, 0.3) is 0 Å². The Morgan fingerprint density at radius 3 is 2.69 bits per heavy atom. The molecule has 2 heterocycles. The van der Waals surface area contributed by atoms with Crippen LogP contribution >= 0.6 is 0 Å². The van der Waals surface area contributed by atoms with E-state index < -0.39 is 18.0 Å². The van der Waals surface area contributed by atoms with Gasteiger partial charge in [-0.3, -0.25) is 4.79 Å². The molecule has 2 aromatic rings. The first-order chi connectivity index (χ1) is 15.4. The predicted octanol–water partition coefficient (Wildman–Crippen LogP) is 3.73. The first-order valence-electron chi connectivity index (χ1n) is 11.1. The van der Waals surface area contributed by atoms with Crippen molar-refractivity contribution in [3.05, 3.63) is 71.3 Å². The third-order valence-corrected chi connectivity index (χ3v) is 6.82. The summed E-state index contributed by atoms with van der Waals surface area (Å²) in [7, 11) is 3.84. The van der Waals surface area contributed by atoms with E-state index in [2.05, 4.69) is 24.1 Å². The molecule has 1 spiro atoms. The fourth-order valence-corrected chi connectivity index (χ4v) is 4.96. The summed E-state index contributed by atoms with van der Waals surface area (Å²) in [6.07, 6.45) is 5.38. The zero-order valence-corrected chi connectivity index (χ0v) is 18.8. The molecule has 2 N–H and O–H groups in total. The number of rotatable bonds is 3. The highest BCUT2D eigenvalue weighted by Crippen LogP contribution is 2.55. The van der Waals surface area contributed by atoms with Crippen LogP contribution in [0.3, 0.4) is 0 Å². The maximum absolute atomic E-state index is 10.5. The summed E-state index contributed by atoms with van der Waals surface area (Å²) >= 11 is 0. The first kappa shape index (κ1) is 22.4. The van der Waals surface area contributed by atoms with Gasteiger partial charge < -0.3 is 24.6 Å². The van der Waals surface area contributed by atoms with Gasteiger partial charge in [-0.1, -0.05) is 48.6 Å². The molecule has 32 heavy (non-hydrogen) atoms. The number of ether oxygens (including phenoxy) is 2. The van der Waals surface area contributed by atoms with Crippen molar-refractivity contribution in [2.24, 2.45) is 0 Å². The molecule has 5 rings (SSSR count). The van der Waals surface area contributed by atoms with Crippen LogP contribution in [0.2, 0.25) is 0 Å². The van der Waals surface area contributed by atoms with Crippen LogP contribution < -0.4 is 9.47 Å². The summed E-state index contributed by atoms with van der Waals surface area (Å²) in [6, 6.07) is 13.4. The molecule has 0 bridgehead atoms. The molecular weight excluding hydrogens is 406 g/mol. The largest absolute Gasteiger partial charge is 0.493 e. The molecule has 6 nitrogen and oxygen atoms in total. The van der Waals surface area contributed by atoms with Crippen molar-refractivity contribution < 1.29 is 24.5 Å². The highest BCUT2D eigenvalue weighted by molar-refractivity contribution is 5.75. The Bertz CT molecular complexity index is 1000. The van der Waals surface area contributed by atoms with Crippen LogP contribution in [-0.4, -0.2) is 54.0 Å². The van der Waals surface area contributed by atoms with Crippen molar-refractivity contribution in [2.75, 3.05) is 20.7 Å². The van der Waals surface area contributed by atoms with E-state index >= 15 is 0 Å². The topological polar surface area (TPSA) is 79.2 Å². The third-order valence-electron chi connectivity index (χ3n) is 6.82. The van der Waals surface area contributed by atoms with Gasteiger partial charge in [0.2, 0.25) is 0 Å². The molecule has 0 radical (unpaired) electrons. The quantitative estimate of drug-likeness (QED) is 0.713. The van der Waals surface area contributed by atoms with Crippen LogP contribution in [0.15, 0.2) is 54.6 Å². The Labute approximate surface area is 189 Å². The zero-order valence-electron chi connectivity index (χ0n) is 18.8. The minimum absolute atomic E-state index is 0.00838. The number of hydrogen-bond donors (Lipinski definition) is 2. The summed E-state index contributed by atoms with van der Waals surface area (Å²) in [4.78, 5) is 12.9. The van der Waals surface area contributed by atoms with E-state index in [0.29, 0.717) is 6.42 Å². The minimum Gasteiger partial charge on any atom is -0.493 e. The molecule has 4 atom stereocenters. The molecule has 1 aliphatic carbocycles. The number of aliphatic hydroxyl groups excluding tert-OH is 1. The number of carboxylic acid groups (broad SMARTS) is 1. The second-order valence-corrected chi connectivity index (χ2v) is 8.90. The van der Waals surface area contributed by atoms with Crippen LogP contribution in [0.25, 0.3) is 0 Å². The molecular formula is C26H31NO5. The van der Waals surface area contributed by atoms with Gasteiger partial charge in [-0.15, -0.1) is 0 Å². The van der Waals surface area contributed by atoms with Crippen molar-refractivity contribution in [1.29, 1.82) is 0 Å². The number of carboxylic acids is 1. The number of nitrogens with zero attached hydrogens (tertiary/aromatic N) is 1. The van der Waals surface area contributed by atoms with Gasteiger partial charge in [-0.2, -0.15) is 0 Å². The Morgan fingerprint density at radius 1 is 1.25 bits per heavy atom. The summed E-state index contributed by atoms with van der Waals surface area (Å²) < 4.78 is 11.8. The molecule has 1 unspecified atom stereocenters. The van der Waals surface area contributed by atoms with Gasteiger partial charge in [-0.05, 0) is 44.1 Å². The summed E-state index contributed by atoms with van der Waals surface area (Å²) in [5.41, 5.74) is 3.33. The average Bonchev–Trinajstić information content (AvgIpc) is 3.05. The molecule has 0 saturated carbocycles. The van der Waals surface area contributed by atoms with Gasteiger partial charge in [0.15, 0.2) is 11.5 Å². The lowest BCUT2D eigenvalue weighted by Gasteiger charge is -2.35. The first-order valence-corrected chi connectivity index (χ1v) is 11.1. The van der Waals surface area contributed by atoms with Crippen LogP contribution in [0.5, 0.6) is 11.5 Å². The maximum Gasteiger partial charge on any atom is 0.310 e. The Morgan fingerprint density at radius 2 is 2.00 bits per heavy atom. The SMILES string of the molecule is CC(C(=O)O)c1ccccc1.COc1ccc2c3c1O[C@H]1C[C@@H](O)C=C[C@@]31CCN(C)C2. The van der Waals surface area contributed by atoms with Gasteiger partial charge in [0, 0.05) is 18.5 Å². The second-order valence-electron chi connectivity index (χ2n) is 8.90. The van der Waals surface area contributed by atoms with Crippen LogP contribution in [0, 0.1) is 0 Å². The standard InChI is InChI=1S/C17H21NO3.C9H10O2/c1-18-8-7-17-6-5-12(19)9-14(17)21-16-13(20-2)4-3-11(10-18)15(16)17;1-7(9(10)11)8-5-3-2-4-6-8/h3-6,12,14,19H,7-10H2,1-2H3;2-7H,1H3,(H,10,11)/t12-,14-,17-;/m0./s1. The molecule has 2 aromatic carbocycles. The smallest absolute Gasteiger partial charge is 0.310 e. The lowest BCUT2D eigenvalue weighted by molar-refractivity contribution is -0.138. The van der Waals surface area contributed by atoms with E-state index in [1.165, 1.54) is 11.1 Å². The summed E-state index contributed by atoms with van der Waals surface area (Å²) in [5, 5.41) is 18.6. The van der Waals surface area contributed by atoms with Crippen molar-refractivity contribution in [3.63, 3.8) is 0 Å². The van der Waals surface area contributed by atoms with Crippen molar-refractivity contribution in [3.8, 4) is 11.5 Å². The highest BCUT2D eigenvalue weighted by Gasteiger charge is 2.52. The highest BCUT2D eigenvalue weighted by atomic mass is 16.5. The number of methoxy groups -OCH3 is 1. The van der Waals surface area contributed by atoms with E-state index in [4.69, 9.17) is 14.6 Å². The van der Waals surface area contributed by atoms with Crippen molar-refractivity contribution >= 4 is 5.97 Å². The predicted molar refractivity (Wildman–Crippen MR) is 122 cm³/mol. The summed E-state index contributed by atoms with van der Waals surface area (Å²) in [5.74, 6) is 0.497. The normalized spacial score (nSPS) is 26.5. The van der Waals surface area contributed by atoms with E-state index in [-0.39, 0.29) is 11.5 Å². The van der Waals surface area contributed by atoms with Gasteiger partial charge >= 0.3 is 5.97 Å². The van der Waals surface area contributed by atoms with Crippen molar-refractivity contribution in [1.82, 2.24) is 4.90 Å². The number of aliphatic hydroxyl groups is 1. The Balaban J connectivity index is 0.000000189. The van der Waals surface area contributed by atoms with Crippen LogP contribution in [0.4, 0.5) is 0 Å². The maximum atomic E-state index is 10.5. The van der Waals surface area contributed by atoms with E-state index in [1.54, 1.807) is 14.0 Å². The third kappa shape index (κ3) is 4.00. The monoisotopic (exact) mass is 437 g/mol. The van der Waals surface area contributed by atoms with E-state index in [0.717, 1.165) is 36.6 Å². The molecule has 2 aliphatic heterocycles. The molecule has 170 valence electrons. The summed E-state index contributed by atoms with van der Waals surface area (Å²) in [6.45, 7) is 3.63. The molecule has 0 fully saturated rings. The zero-order chi connectivity index (χ0) is 22.9. The Hall–Kier alpha value is -2.83. The molecule has 0 saturated heterocycles. The van der Waals surface area contributed by atoms with Gasteiger partial charge in [0.05, 0.1) is 24.5 Å². The molecule has 6 heteroatoms. The molecule has 0 amide bonds. The lowest BCUT2D eigenvalue weighted by Crippen LogP contribution is -2.42. The van der Waals surface area contributed by atoms with Crippen molar-refractivity contribution in [2.45, 2.75) is 49.9 Å². The molecule has 3 aliphatic rings. The van der Waals surface area contributed by atoms with E-state index in [1.807, 2.05) is 42.5 Å². The number of benzene rings is 2. The Kier molecular flexibility index (Phi) is 6.26. The lowest BCUT2D eigenvalue weighted by atomic mass is 9.69. The van der Waals surface area contributed by atoms with E-state index in [9.17, 15) is 9.90 Å². The number of hydrogen-bond acceptors (Lipinski definition) is 5. The molecule has 0 aromatic heterocycles. The van der Waals surface area contributed by atoms with Crippen LogP contribution in [-0.2, 0) is 16.8 Å². The average molecular weight is 438 g/mol. The number of carbonyl (C=O) groups is 1. The second kappa shape index (κ2) is 8.96. The number of aliphatic carboxylic acids is 1. The fourth-order valence-electron chi connectivity index (χ4n) is 4.96. The fraction of sp³-hybridized carbons (Fsp3) is 0.423. The van der Waals surface area contributed by atoms with Crippen LogP contribution in [0.1, 0.15) is 42.4 Å². The minimum atomic E-state index is -0.781. The van der Waals surface area contributed by atoms with Gasteiger partial charge in [-0.25, -0.2) is 0 Å².